The maximum atomic E-state index is 5.65. The van der Waals surface area contributed by atoms with Gasteiger partial charge in [-0.15, -0.1) is 0 Å². The molecule has 0 saturated heterocycles. The van der Waals surface area contributed by atoms with E-state index in [4.69, 9.17) is 4.42 Å². The molecule has 72 valence electrons. The maximum absolute atomic E-state index is 5.65. The third-order valence-electron chi connectivity index (χ3n) is 2.68. The van der Waals surface area contributed by atoms with E-state index in [1.54, 1.807) is 6.20 Å². The molecule has 2 heterocycles. The van der Waals surface area contributed by atoms with Crippen molar-refractivity contribution in [2.75, 3.05) is 0 Å². The first-order valence-corrected chi connectivity index (χ1v) is 5.54. The van der Waals surface area contributed by atoms with Crippen molar-refractivity contribution < 1.29 is 4.42 Å². The molecular formula is C10H9BrN2O. The Morgan fingerprint density at radius 1 is 1.43 bits per heavy atom. The lowest BCUT2D eigenvalue weighted by molar-refractivity contribution is 0.344. The lowest BCUT2D eigenvalue weighted by atomic mass is 9.85. The SMILES string of the molecule is Brc1cnc2nc(C3CCC3)oc2c1. The minimum Gasteiger partial charge on any atom is -0.439 e. The summed E-state index contributed by atoms with van der Waals surface area (Å²) in [6, 6.07) is 1.91. The monoisotopic (exact) mass is 252 g/mol. The van der Waals surface area contributed by atoms with E-state index in [0.29, 0.717) is 5.92 Å². The van der Waals surface area contributed by atoms with Gasteiger partial charge in [-0.25, -0.2) is 4.98 Å². The van der Waals surface area contributed by atoms with Crippen molar-refractivity contribution in [2.45, 2.75) is 25.2 Å². The Balaban J connectivity index is 2.10. The summed E-state index contributed by atoms with van der Waals surface area (Å²) in [5, 5.41) is 0. The number of hydrogen-bond acceptors (Lipinski definition) is 3. The molecular weight excluding hydrogens is 244 g/mol. The second-order valence-electron chi connectivity index (χ2n) is 3.66. The van der Waals surface area contributed by atoms with Crippen molar-refractivity contribution in [3.8, 4) is 0 Å². The van der Waals surface area contributed by atoms with E-state index < -0.39 is 0 Å². The van der Waals surface area contributed by atoms with E-state index in [1.807, 2.05) is 6.07 Å². The summed E-state index contributed by atoms with van der Waals surface area (Å²) in [4.78, 5) is 8.57. The maximum Gasteiger partial charge on any atom is 0.200 e. The molecule has 1 aliphatic carbocycles. The standard InChI is InChI=1S/C10H9BrN2O/c11-7-4-8-9(12-5-7)13-10(14-8)6-2-1-3-6/h4-6H,1-3H2. The second kappa shape index (κ2) is 3.05. The zero-order chi connectivity index (χ0) is 9.54. The Hall–Kier alpha value is -0.900. The predicted octanol–water partition coefficient (Wildman–Crippen LogP) is 3.25. The molecule has 14 heavy (non-hydrogen) atoms. The van der Waals surface area contributed by atoms with Crippen LogP contribution in [0, 0.1) is 0 Å². The van der Waals surface area contributed by atoms with Gasteiger partial charge in [0, 0.05) is 22.7 Å². The van der Waals surface area contributed by atoms with Crippen LogP contribution in [0.15, 0.2) is 21.2 Å². The Morgan fingerprint density at radius 3 is 3.00 bits per heavy atom. The molecule has 2 aromatic rings. The minimum absolute atomic E-state index is 0.531. The molecule has 1 saturated carbocycles. The fraction of sp³-hybridized carbons (Fsp3) is 0.400. The van der Waals surface area contributed by atoms with E-state index in [9.17, 15) is 0 Å². The van der Waals surface area contributed by atoms with Gasteiger partial charge in [0.1, 0.15) is 0 Å². The first-order valence-electron chi connectivity index (χ1n) is 4.75. The van der Waals surface area contributed by atoms with Gasteiger partial charge in [0.25, 0.3) is 0 Å². The normalized spacial score (nSPS) is 17.2. The lowest BCUT2D eigenvalue weighted by Crippen LogP contribution is -2.08. The average molecular weight is 253 g/mol. The lowest BCUT2D eigenvalue weighted by Gasteiger charge is -2.21. The summed E-state index contributed by atoms with van der Waals surface area (Å²) in [7, 11) is 0. The van der Waals surface area contributed by atoms with Crippen LogP contribution < -0.4 is 0 Å². The number of oxazole rings is 1. The second-order valence-corrected chi connectivity index (χ2v) is 4.57. The fourth-order valence-electron chi connectivity index (χ4n) is 1.64. The molecule has 1 fully saturated rings. The number of halogens is 1. The van der Waals surface area contributed by atoms with E-state index in [0.717, 1.165) is 21.6 Å². The summed E-state index contributed by atoms with van der Waals surface area (Å²) in [6.07, 6.45) is 5.44. The Morgan fingerprint density at radius 2 is 2.29 bits per heavy atom. The minimum atomic E-state index is 0.531. The molecule has 4 heteroatoms. The van der Waals surface area contributed by atoms with E-state index in [2.05, 4.69) is 25.9 Å². The van der Waals surface area contributed by atoms with Crippen LogP contribution in [0.2, 0.25) is 0 Å². The molecule has 1 aliphatic rings. The van der Waals surface area contributed by atoms with Gasteiger partial charge in [-0.2, -0.15) is 4.98 Å². The predicted molar refractivity (Wildman–Crippen MR) is 56.1 cm³/mol. The van der Waals surface area contributed by atoms with Crippen molar-refractivity contribution in [1.29, 1.82) is 0 Å². The van der Waals surface area contributed by atoms with Gasteiger partial charge in [-0.05, 0) is 28.8 Å². The Kier molecular flexibility index (Phi) is 1.83. The number of rotatable bonds is 1. The van der Waals surface area contributed by atoms with E-state index >= 15 is 0 Å². The molecule has 0 radical (unpaired) electrons. The van der Waals surface area contributed by atoms with Crippen molar-refractivity contribution in [2.24, 2.45) is 0 Å². The molecule has 0 atom stereocenters. The highest BCUT2D eigenvalue weighted by Crippen LogP contribution is 2.36. The summed E-state index contributed by atoms with van der Waals surface area (Å²) in [6.45, 7) is 0. The molecule has 0 aliphatic heterocycles. The van der Waals surface area contributed by atoms with Crippen molar-refractivity contribution >= 4 is 27.2 Å². The van der Waals surface area contributed by atoms with Crippen molar-refractivity contribution in [3.05, 3.63) is 22.6 Å². The van der Waals surface area contributed by atoms with Gasteiger partial charge in [-0.1, -0.05) is 6.42 Å². The van der Waals surface area contributed by atoms with Gasteiger partial charge in [0.15, 0.2) is 17.1 Å². The Labute approximate surface area is 89.7 Å². The summed E-state index contributed by atoms with van der Waals surface area (Å²) >= 11 is 3.36. The number of pyridine rings is 1. The molecule has 0 bridgehead atoms. The quantitative estimate of drug-likeness (QED) is 0.782. The first kappa shape index (κ1) is 8.41. The molecule has 0 N–H and O–H groups in total. The molecule has 0 amide bonds. The van der Waals surface area contributed by atoms with Gasteiger partial charge in [0.2, 0.25) is 0 Å². The van der Waals surface area contributed by atoms with E-state index in [-0.39, 0.29) is 0 Å². The molecule has 0 spiro atoms. The largest absolute Gasteiger partial charge is 0.439 e. The topological polar surface area (TPSA) is 38.9 Å². The van der Waals surface area contributed by atoms with Crippen LogP contribution >= 0.6 is 15.9 Å². The van der Waals surface area contributed by atoms with Crippen LogP contribution in [0.4, 0.5) is 0 Å². The highest BCUT2D eigenvalue weighted by Gasteiger charge is 2.24. The van der Waals surface area contributed by atoms with Crippen LogP contribution in [0.3, 0.4) is 0 Å². The van der Waals surface area contributed by atoms with Crippen LogP contribution in [-0.4, -0.2) is 9.97 Å². The van der Waals surface area contributed by atoms with Crippen LogP contribution in [-0.2, 0) is 0 Å². The summed E-state index contributed by atoms with van der Waals surface area (Å²) in [5.41, 5.74) is 1.50. The van der Waals surface area contributed by atoms with Gasteiger partial charge >= 0.3 is 0 Å². The summed E-state index contributed by atoms with van der Waals surface area (Å²) < 4.78 is 6.58. The molecule has 0 aromatic carbocycles. The summed E-state index contributed by atoms with van der Waals surface area (Å²) in [5.74, 6) is 1.39. The molecule has 3 rings (SSSR count). The first-order chi connectivity index (χ1) is 6.83. The number of aromatic nitrogens is 2. The molecule has 0 unspecified atom stereocenters. The Bertz CT molecular complexity index is 476. The van der Waals surface area contributed by atoms with Crippen LogP contribution in [0.1, 0.15) is 31.1 Å². The molecule has 3 nitrogen and oxygen atoms in total. The zero-order valence-electron chi connectivity index (χ0n) is 7.53. The highest BCUT2D eigenvalue weighted by molar-refractivity contribution is 9.10. The number of nitrogens with zero attached hydrogens (tertiary/aromatic N) is 2. The van der Waals surface area contributed by atoms with Crippen LogP contribution in [0.5, 0.6) is 0 Å². The number of fused-ring (bicyclic) bond motifs is 1. The van der Waals surface area contributed by atoms with Crippen molar-refractivity contribution in [3.63, 3.8) is 0 Å². The average Bonchev–Trinajstić information content (AvgIpc) is 2.43. The molecule has 2 aromatic heterocycles. The van der Waals surface area contributed by atoms with Gasteiger partial charge < -0.3 is 4.42 Å². The van der Waals surface area contributed by atoms with Crippen LogP contribution in [0.25, 0.3) is 11.2 Å². The van der Waals surface area contributed by atoms with Gasteiger partial charge in [0.05, 0.1) is 0 Å². The highest BCUT2D eigenvalue weighted by atomic mass is 79.9. The third-order valence-corrected chi connectivity index (χ3v) is 3.12. The van der Waals surface area contributed by atoms with E-state index in [1.165, 1.54) is 19.3 Å². The third kappa shape index (κ3) is 1.25. The zero-order valence-corrected chi connectivity index (χ0v) is 9.12. The smallest absolute Gasteiger partial charge is 0.200 e. The fourth-order valence-corrected chi connectivity index (χ4v) is 1.95. The van der Waals surface area contributed by atoms with Crippen molar-refractivity contribution in [1.82, 2.24) is 9.97 Å². The van der Waals surface area contributed by atoms with Gasteiger partial charge in [-0.3, -0.25) is 0 Å². The number of hydrogen-bond donors (Lipinski definition) is 0.